The van der Waals surface area contributed by atoms with Crippen LogP contribution in [0, 0.1) is 0 Å². The molecular weight excluding hydrogens is 426 g/mol. The van der Waals surface area contributed by atoms with Gasteiger partial charge in [-0.2, -0.15) is 0 Å². The Morgan fingerprint density at radius 1 is 1.22 bits per heavy atom. The summed E-state index contributed by atoms with van der Waals surface area (Å²) in [6, 6.07) is 11.4. The van der Waals surface area contributed by atoms with Gasteiger partial charge in [0.2, 0.25) is 0 Å². The molecule has 1 aliphatic rings. The number of pyridine rings is 2. The molecule has 0 aliphatic carbocycles. The van der Waals surface area contributed by atoms with Gasteiger partial charge < -0.3 is 4.90 Å². The first-order chi connectivity index (χ1) is 13.0. The Balaban J connectivity index is 1.83. The fourth-order valence-electron chi connectivity index (χ4n) is 3.29. The van der Waals surface area contributed by atoms with E-state index >= 15 is 0 Å². The summed E-state index contributed by atoms with van der Waals surface area (Å²) in [7, 11) is -0.864. The number of halogens is 1. The summed E-state index contributed by atoms with van der Waals surface area (Å²) in [5, 5.41) is 0.800. The molecule has 1 aromatic carbocycles. The Bertz CT molecular complexity index is 1040. The monoisotopic (exact) mass is 443 g/mol. The quantitative estimate of drug-likeness (QED) is 0.606. The van der Waals surface area contributed by atoms with Gasteiger partial charge in [-0.3, -0.25) is 14.0 Å². The third kappa shape index (κ3) is 3.66. The summed E-state index contributed by atoms with van der Waals surface area (Å²) in [6.07, 6.45) is 3.43. The smallest absolute Gasteiger partial charge is 0.254 e. The molecule has 27 heavy (non-hydrogen) atoms. The molecule has 0 spiro atoms. The average molecular weight is 444 g/mol. The molecule has 2 atom stereocenters. The average Bonchev–Trinajstić information content (AvgIpc) is 2.69. The van der Waals surface area contributed by atoms with Gasteiger partial charge >= 0.3 is 0 Å². The number of carbonyl (C=O) groups is 1. The first-order valence-corrected chi connectivity index (χ1v) is 10.9. The molecular formula is C20H18BrN3O2S. The second-order valence-corrected chi connectivity index (χ2v) is 9.49. The number of fused-ring (bicyclic) bond motifs is 1. The van der Waals surface area contributed by atoms with Gasteiger partial charge in [0.05, 0.1) is 16.8 Å². The largest absolute Gasteiger partial charge is 0.337 e. The van der Waals surface area contributed by atoms with Crippen LogP contribution in [0.3, 0.4) is 0 Å². The van der Waals surface area contributed by atoms with Gasteiger partial charge in [0.25, 0.3) is 5.91 Å². The minimum absolute atomic E-state index is 0.0118. The molecule has 0 saturated carbocycles. The maximum atomic E-state index is 13.3. The number of nitrogens with zero attached hydrogens (tertiary/aromatic N) is 3. The molecule has 0 bridgehead atoms. The molecule has 0 radical (unpaired) electrons. The Hall–Kier alpha value is -2.12. The lowest BCUT2D eigenvalue weighted by molar-refractivity contribution is 0.0763. The van der Waals surface area contributed by atoms with Gasteiger partial charge in [-0.1, -0.05) is 15.9 Å². The van der Waals surface area contributed by atoms with Crippen LogP contribution >= 0.6 is 15.9 Å². The van der Waals surface area contributed by atoms with Gasteiger partial charge in [0.1, 0.15) is 0 Å². The second-order valence-electron chi connectivity index (χ2n) is 6.60. The SMILES string of the molecule is CC1CN(C(=O)c2cc(-c3ccncc3)nc3ccc(Br)cc23)CCS1=O. The van der Waals surface area contributed by atoms with Crippen LogP contribution in [-0.2, 0) is 10.8 Å². The minimum Gasteiger partial charge on any atom is -0.337 e. The Kier molecular flexibility index (Phi) is 5.06. The van der Waals surface area contributed by atoms with E-state index < -0.39 is 10.8 Å². The Morgan fingerprint density at radius 3 is 2.74 bits per heavy atom. The first kappa shape index (κ1) is 18.3. The highest BCUT2D eigenvalue weighted by Crippen LogP contribution is 2.28. The van der Waals surface area contributed by atoms with Crippen LogP contribution in [0.25, 0.3) is 22.2 Å². The first-order valence-electron chi connectivity index (χ1n) is 8.70. The van der Waals surface area contributed by atoms with Crippen molar-refractivity contribution in [2.45, 2.75) is 12.2 Å². The van der Waals surface area contributed by atoms with E-state index in [1.807, 2.05) is 43.3 Å². The fourth-order valence-corrected chi connectivity index (χ4v) is 4.80. The molecule has 1 saturated heterocycles. The molecule has 2 unspecified atom stereocenters. The van der Waals surface area contributed by atoms with Crippen LogP contribution in [0.4, 0.5) is 0 Å². The molecule has 0 N–H and O–H groups in total. The number of amides is 1. The van der Waals surface area contributed by atoms with E-state index in [0.29, 0.717) is 24.4 Å². The van der Waals surface area contributed by atoms with E-state index in [0.717, 1.165) is 26.6 Å². The molecule has 1 fully saturated rings. The number of benzene rings is 1. The number of hydrogen-bond acceptors (Lipinski definition) is 4. The van der Waals surface area contributed by atoms with Crippen LogP contribution in [0.2, 0.25) is 0 Å². The van der Waals surface area contributed by atoms with Crippen molar-refractivity contribution in [2.24, 2.45) is 0 Å². The molecule has 7 heteroatoms. The lowest BCUT2D eigenvalue weighted by Crippen LogP contribution is -2.45. The van der Waals surface area contributed by atoms with Crippen LogP contribution in [-0.4, -0.2) is 49.1 Å². The predicted molar refractivity (Wildman–Crippen MR) is 111 cm³/mol. The van der Waals surface area contributed by atoms with E-state index in [4.69, 9.17) is 4.98 Å². The molecule has 138 valence electrons. The molecule has 3 heterocycles. The van der Waals surface area contributed by atoms with E-state index in [9.17, 15) is 9.00 Å². The van der Waals surface area contributed by atoms with Crippen molar-refractivity contribution in [1.82, 2.24) is 14.9 Å². The van der Waals surface area contributed by atoms with Gasteiger partial charge in [0, 0.05) is 62.7 Å². The molecule has 1 aliphatic heterocycles. The van der Waals surface area contributed by atoms with Gasteiger partial charge in [-0.15, -0.1) is 0 Å². The third-order valence-electron chi connectivity index (χ3n) is 4.75. The van der Waals surface area contributed by atoms with Crippen molar-refractivity contribution in [3.8, 4) is 11.3 Å². The summed E-state index contributed by atoms with van der Waals surface area (Å²) in [5.41, 5.74) is 3.04. The maximum Gasteiger partial charge on any atom is 0.254 e. The number of rotatable bonds is 2. The molecule has 3 aromatic rings. The zero-order valence-corrected chi connectivity index (χ0v) is 17.2. The van der Waals surface area contributed by atoms with Gasteiger partial charge in [-0.25, -0.2) is 4.98 Å². The van der Waals surface area contributed by atoms with Crippen LogP contribution in [0.5, 0.6) is 0 Å². The molecule has 4 rings (SSSR count). The highest BCUT2D eigenvalue weighted by molar-refractivity contribution is 9.10. The van der Waals surface area contributed by atoms with Crippen LogP contribution in [0.1, 0.15) is 17.3 Å². The molecule has 2 aromatic heterocycles. The maximum absolute atomic E-state index is 13.3. The third-order valence-corrected chi connectivity index (χ3v) is 6.88. The fraction of sp³-hybridized carbons (Fsp3) is 0.250. The van der Waals surface area contributed by atoms with Crippen molar-refractivity contribution in [3.05, 3.63) is 58.8 Å². The minimum atomic E-state index is -0.864. The molecule has 1 amide bonds. The zero-order chi connectivity index (χ0) is 19.0. The van der Waals surface area contributed by atoms with Crippen LogP contribution in [0.15, 0.2) is 53.3 Å². The summed E-state index contributed by atoms with van der Waals surface area (Å²) in [6.45, 7) is 2.95. The summed E-state index contributed by atoms with van der Waals surface area (Å²) in [5.74, 6) is 0.482. The topological polar surface area (TPSA) is 63.2 Å². The zero-order valence-electron chi connectivity index (χ0n) is 14.8. The van der Waals surface area contributed by atoms with Crippen molar-refractivity contribution < 1.29 is 9.00 Å². The number of aromatic nitrogens is 2. The van der Waals surface area contributed by atoms with Crippen molar-refractivity contribution in [3.63, 3.8) is 0 Å². The lowest BCUT2D eigenvalue weighted by Gasteiger charge is -2.31. The van der Waals surface area contributed by atoms with E-state index in [1.165, 1.54) is 0 Å². The lowest BCUT2D eigenvalue weighted by atomic mass is 10.0. The van der Waals surface area contributed by atoms with Gasteiger partial charge in [0.15, 0.2) is 0 Å². The number of carbonyl (C=O) groups excluding carboxylic acids is 1. The Labute approximate surface area is 168 Å². The van der Waals surface area contributed by atoms with Crippen molar-refractivity contribution in [1.29, 1.82) is 0 Å². The Morgan fingerprint density at radius 2 is 2.00 bits per heavy atom. The van der Waals surface area contributed by atoms with E-state index in [2.05, 4.69) is 20.9 Å². The van der Waals surface area contributed by atoms with E-state index in [-0.39, 0.29) is 11.2 Å². The molecule has 5 nitrogen and oxygen atoms in total. The highest BCUT2D eigenvalue weighted by atomic mass is 79.9. The number of hydrogen-bond donors (Lipinski definition) is 0. The van der Waals surface area contributed by atoms with Crippen molar-refractivity contribution >= 4 is 43.5 Å². The summed E-state index contributed by atoms with van der Waals surface area (Å²) in [4.78, 5) is 23.9. The summed E-state index contributed by atoms with van der Waals surface area (Å²) < 4.78 is 12.8. The standard InChI is InChI=1S/C20H18BrN3O2S/c1-13-12-24(8-9-27(13)26)20(25)17-11-19(14-4-6-22-7-5-14)23-18-3-2-15(21)10-16(17)18/h2-7,10-11,13H,8-9,12H2,1H3. The van der Waals surface area contributed by atoms with Crippen LogP contribution < -0.4 is 0 Å². The normalized spacial score (nSPS) is 20.0. The van der Waals surface area contributed by atoms with Crippen molar-refractivity contribution in [2.75, 3.05) is 18.8 Å². The van der Waals surface area contributed by atoms with Gasteiger partial charge in [-0.05, 0) is 43.3 Å². The predicted octanol–water partition coefficient (Wildman–Crippen LogP) is 3.65. The highest BCUT2D eigenvalue weighted by Gasteiger charge is 2.28. The second kappa shape index (κ2) is 7.48. The van der Waals surface area contributed by atoms with E-state index in [1.54, 1.807) is 17.3 Å². The summed E-state index contributed by atoms with van der Waals surface area (Å²) >= 11 is 3.49.